The fourth-order valence-electron chi connectivity index (χ4n) is 4.18. The van der Waals surface area contributed by atoms with E-state index in [2.05, 4.69) is 15.6 Å². The van der Waals surface area contributed by atoms with E-state index in [1.54, 1.807) is 0 Å². The number of ether oxygens (including phenoxy) is 2. The maximum absolute atomic E-state index is 15.2. The molecule has 0 aliphatic heterocycles. The second-order valence-electron chi connectivity index (χ2n) is 8.78. The molecule has 11 nitrogen and oxygen atoms in total. The Bertz CT molecular complexity index is 1750. The predicted octanol–water partition coefficient (Wildman–Crippen LogP) is 3.90. The van der Waals surface area contributed by atoms with Crippen LogP contribution < -0.4 is 25.8 Å². The summed E-state index contributed by atoms with van der Waals surface area (Å²) in [6.07, 6.45) is -3.13. The van der Waals surface area contributed by atoms with Crippen LogP contribution in [0.5, 0.6) is 11.5 Å². The van der Waals surface area contributed by atoms with Crippen molar-refractivity contribution in [2.45, 2.75) is 12.7 Å². The highest BCUT2D eigenvalue weighted by atomic mass is 19.4. The van der Waals surface area contributed by atoms with Crippen molar-refractivity contribution in [1.82, 2.24) is 19.4 Å². The summed E-state index contributed by atoms with van der Waals surface area (Å²) >= 11 is 0. The number of carbonyl (C=O) groups is 1. The minimum Gasteiger partial charge on any atom is -0.493 e. The molecule has 0 atom stereocenters. The van der Waals surface area contributed by atoms with E-state index in [0.29, 0.717) is 6.07 Å². The van der Waals surface area contributed by atoms with Crippen molar-refractivity contribution < 1.29 is 36.2 Å². The topological polar surface area (TPSA) is 147 Å². The van der Waals surface area contributed by atoms with E-state index in [0.717, 1.165) is 39.9 Å². The van der Waals surface area contributed by atoms with Gasteiger partial charge in [-0.3, -0.25) is 24.7 Å². The first-order valence-electron chi connectivity index (χ1n) is 11.9. The molecule has 0 saturated carbocycles. The number of fused-ring (bicyclic) bond motifs is 1. The molecule has 0 bridgehead atoms. The van der Waals surface area contributed by atoms with Crippen molar-refractivity contribution in [3.8, 4) is 22.6 Å². The normalized spacial score (nSPS) is 11.3. The van der Waals surface area contributed by atoms with E-state index >= 15 is 4.39 Å². The Labute approximate surface area is 233 Å². The predicted molar refractivity (Wildman–Crippen MR) is 142 cm³/mol. The third-order valence-electron chi connectivity index (χ3n) is 6.02. The standard InChI is InChI=1S/C26H22F5N7O4/c1-37-23-16(13-5-17(27)24(19(6-13)41-2)42-11-21(33)35-12-32)7-14(26(29,30)31)8-18(23)38(25(37)40)10-22(39)36-15-3-4-20(28)34-9-15/h3-9,12H,10-11H2,1-2H3,(H,36,39)(H3,32,33,35). The number of benzene rings is 2. The zero-order valence-electron chi connectivity index (χ0n) is 21.9. The fourth-order valence-corrected chi connectivity index (χ4v) is 4.18. The van der Waals surface area contributed by atoms with Gasteiger partial charge in [0.25, 0.3) is 0 Å². The zero-order valence-corrected chi connectivity index (χ0v) is 21.9. The second-order valence-corrected chi connectivity index (χ2v) is 8.78. The van der Waals surface area contributed by atoms with Crippen LogP contribution in [-0.4, -0.2) is 45.9 Å². The van der Waals surface area contributed by atoms with Crippen LogP contribution in [0, 0.1) is 22.6 Å². The summed E-state index contributed by atoms with van der Waals surface area (Å²) in [5.41, 5.74) is -2.49. The SMILES string of the molecule is COc1cc(-c2cc(C(F)(F)F)cc3c2n(C)c(=O)n3CC(=O)Nc2ccc(F)nc2)cc(F)c1OCC(=N)NC=N. The van der Waals surface area contributed by atoms with Crippen molar-refractivity contribution >= 4 is 34.8 Å². The van der Waals surface area contributed by atoms with Gasteiger partial charge in [-0.05, 0) is 42.0 Å². The van der Waals surface area contributed by atoms with E-state index < -0.39 is 54.0 Å². The maximum Gasteiger partial charge on any atom is 0.416 e. The molecule has 0 aliphatic carbocycles. The highest BCUT2D eigenvalue weighted by Gasteiger charge is 2.33. The van der Waals surface area contributed by atoms with E-state index in [1.807, 2.05) is 0 Å². The van der Waals surface area contributed by atoms with Crippen LogP contribution in [0.3, 0.4) is 0 Å². The lowest BCUT2D eigenvalue weighted by Crippen LogP contribution is -2.28. The van der Waals surface area contributed by atoms with Gasteiger partial charge in [0.1, 0.15) is 19.0 Å². The first-order valence-corrected chi connectivity index (χ1v) is 11.9. The number of amides is 1. The Morgan fingerprint density at radius 3 is 2.52 bits per heavy atom. The molecule has 4 rings (SSSR count). The number of alkyl halides is 3. The number of hydrogen-bond donors (Lipinski definition) is 4. The third-order valence-corrected chi connectivity index (χ3v) is 6.02. The van der Waals surface area contributed by atoms with Crippen LogP contribution in [0.4, 0.5) is 27.6 Å². The lowest BCUT2D eigenvalue weighted by atomic mass is 9.99. The van der Waals surface area contributed by atoms with Crippen molar-refractivity contribution in [2.24, 2.45) is 7.05 Å². The highest BCUT2D eigenvalue weighted by molar-refractivity contribution is 5.96. The number of carbonyl (C=O) groups excluding carboxylic acids is 1. The smallest absolute Gasteiger partial charge is 0.416 e. The molecule has 4 aromatic rings. The second kappa shape index (κ2) is 11.7. The van der Waals surface area contributed by atoms with Gasteiger partial charge in [0.15, 0.2) is 17.3 Å². The Kier molecular flexibility index (Phi) is 8.26. The lowest BCUT2D eigenvalue weighted by Gasteiger charge is -2.16. The van der Waals surface area contributed by atoms with E-state index in [-0.39, 0.29) is 39.4 Å². The number of anilines is 1. The lowest BCUT2D eigenvalue weighted by molar-refractivity contribution is -0.137. The Hall–Kier alpha value is -5.28. The molecule has 0 aliphatic rings. The molecule has 0 saturated heterocycles. The number of rotatable bonds is 9. The van der Waals surface area contributed by atoms with Gasteiger partial charge in [0.2, 0.25) is 11.9 Å². The van der Waals surface area contributed by atoms with Crippen molar-refractivity contribution in [3.05, 3.63) is 70.4 Å². The maximum atomic E-state index is 15.2. The molecule has 16 heteroatoms. The summed E-state index contributed by atoms with van der Waals surface area (Å²) in [5, 5.41) is 19.2. The number of methoxy groups -OCH3 is 1. The Balaban J connectivity index is 1.84. The minimum atomic E-state index is -4.88. The molecule has 1 amide bonds. The number of aromatic nitrogens is 3. The van der Waals surface area contributed by atoms with Crippen LogP contribution in [-0.2, 0) is 24.6 Å². The van der Waals surface area contributed by atoms with Gasteiger partial charge in [-0.2, -0.15) is 17.6 Å². The molecule has 0 radical (unpaired) electrons. The molecule has 0 unspecified atom stereocenters. The quantitative estimate of drug-likeness (QED) is 0.101. The summed E-state index contributed by atoms with van der Waals surface area (Å²) in [4.78, 5) is 29.2. The summed E-state index contributed by atoms with van der Waals surface area (Å²) in [6.45, 7) is -1.17. The fraction of sp³-hybridized carbons (Fsp3) is 0.192. The zero-order chi connectivity index (χ0) is 30.8. The van der Waals surface area contributed by atoms with Gasteiger partial charge in [-0.15, -0.1) is 0 Å². The summed E-state index contributed by atoms with van der Waals surface area (Å²) in [6, 6.07) is 5.75. The highest BCUT2D eigenvalue weighted by Crippen LogP contribution is 2.41. The molecule has 0 spiro atoms. The monoisotopic (exact) mass is 591 g/mol. The number of halogens is 5. The number of pyridine rings is 1. The van der Waals surface area contributed by atoms with E-state index in [1.165, 1.54) is 26.3 Å². The Morgan fingerprint density at radius 2 is 1.90 bits per heavy atom. The summed E-state index contributed by atoms with van der Waals surface area (Å²) in [7, 11) is 2.46. The Morgan fingerprint density at radius 1 is 1.17 bits per heavy atom. The van der Waals surface area contributed by atoms with Gasteiger partial charge in [-0.1, -0.05) is 0 Å². The molecule has 2 heterocycles. The van der Waals surface area contributed by atoms with Gasteiger partial charge < -0.3 is 20.1 Å². The number of nitrogens with zero attached hydrogens (tertiary/aromatic N) is 3. The molecule has 220 valence electrons. The molecule has 2 aromatic heterocycles. The third kappa shape index (κ3) is 6.06. The summed E-state index contributed by atoms with van der Waals surface area (Å²) < 4.78 is 82.6. The molecule has 2 aromatic carbocycles. The van der Waals surface area contributed by atoms with Crippen molar-refractivity contribution in [2.75, 3.05) is 19.0 Å². The molecular weight excluding hydrogens is 569 g/mol. The first-order chi connectivity index (χ1) is 19.8. The van der Waals surface area contributed by atoms with E-state index in [9.17, 15) is 27.2 Å². The van der Waals surface area contributed by atoms with Crippen LogP contribution in [0.1, 0.15) is 5.56 Å². The van der Waals surface area contributed by atoms with Gasteiger partial charge in [-0.25, -0.2) is 14.2 Å². The average molecular weight is 591 g/mol. The van der Waals surface area contributed by atoms with Crippen molar-refractivity contribution in [1.29, 1.82) is 10.8 Å². The van der Waals surface area contributed by atoms with E-state index in [4.69, 9.17) is 20.3 Å². The van der Waals surface area contributed by atoms with Crippen LogP contribution in [0.2, 0.25) is 0 Å². The molecular formula is C26H22F5N7O4. The number of aryl methyl sites for hydroxylation is 1. The van der Waals surface area contributed by atoms with Gasteiger partial charge >= 0.3 is 11.9 Å². The van der Waals surface area contributed by atoms with Gasteiger partial charge in [0, 0.05) is 12.6 Å². The minimum absolute atomic E-state index is 0.0312. The average Bonchev–Trinajstić information content (AvgIpc) is 3.17. The molecule has 4 N–H and O–H groups in total. The number of amidine groups is 1. The van der Waals surface area contributed by atoms with Crippen LogP contribution in [0.15, 0.2) is 47.4 Å². The first kappa shape index (κ1) is 29.7. The summed E-state index contributed by atoms with van der Waals surface area (Å²) in [5.74, 6) is -3.54. The molecule has 42 heavy (non-hydrogen) atoms. The van der Waals surface area contributed by atoms with Crippen molar-refractivity contribution in [3.63, 3.8) is 0 Å². The van der Waals surface area contributed by atoms with Crippen LogP contribution in [0.25, 0.3) is 22.2 Å². The van der Waals surface area contributed by atoms with Crippen LogP contribution >= 0.6 is 0 Å². The van der Waals surface area contributed by atoms with Gasteiger partial charge in [0.05, 0.1) is 41.9 Å². The molecule has 0 fully saturated rings. The number of nitrogens with one attached hydrogen (secondary N) is 4. The number of imidazole rings is 1. The largest absolute Gasteiger partial charge is 0.493 e. The number of hydrogen-bond acceptors (Lipinski definition) is 7.